The van der Waals surface area contributed by atoms with E-state index in [1.54, 1.807) is 6.08 Å². The van der Waals surface area contributed by atoms with Crippen LogP contribution in [-0.4, -0.2) is 12.6 Å². The van der Waals surface area contributed by atoms with E-state index in [4.69, 9.17) is 0 Å². The second-order valence-corrected chi connectivity index (χ2v) is 5.73. The van der Waals surface area contributed by atoms with Crippen molar-refractivity contribution in [3.63, 3.8) is 0 Å². The molecule has 108 valence electrons. The largest absolute Gasteiger partial charge is 0.298 e. The van der Waals surface area contributed by atoms with Crippen molar-refractivity contribution in [3.8, 4) is 0 Å². The van der Waals surface area contributed by atoms with Gasteiger partial charge in [-0.05, 0) is 47.6 Å². The van der Waals surface area contributed by atoms with Crippen LogP contribution in [0.15, 0.2) is 69.4 Å². The minimum absolute atomic E-state index is 0.398. The van der Waals surface area contributed by atoms with Gasteiger partial charge < -0.3 is 0 Å². The molecule has 0 aliphatic heterocycles. The summed E-state index contributed by atoms with van der Waals surface area (Å²) in [6, 6.07) is 0. The number of hydrogen-bond acceptors (Lipinski definition) is 2. The fourth-order valence-electron chi connectivity index (χ4n) is 2.60. The predicted molar refractivity (Wildman–Crippen MR) is 85.8 cm³/mol. The van der Waals surface area contributed by atoms with Gasteiger partial charge >= 0.3 is 0 Å². The maximum atomic E-state index is 11.6. The molecule has 2 rings (SSSR count). The molecule has 0 spiro atoms. The van der Waals surface area contributed by atoms with Crippen LogP contribution in [0.2, 0.25) is 0 Å². The molecule has 0 N–H and O–H groups in total. The van der Waals surface area contributed by atoms with Gasteiger partial charge in [-0.3, -0.25) is 9.59 Å². The van der Waals surface area contributed by atoms with Gasteiger partial charge in [-0.25, -0.2) is 0 Å². The van der Waals surface area contributed by atoms with Crippen molar-refractivity contribution in [2.75, 3.05) is 0 Å². The second kappa shape index (κ2) is 6.04. The molecule has 0 saturated carbocycles. The third-order valence-corrected chi connectivity index (χ3v) is 3.93. The lowest BCUT2D eigenvalue weighted by molar-refractivity contribution is -0.106. The van der Waals surface area contributed by atoms with Crippen LogP contribution in [0.4, 0.5) is 0 Å². The van der Waals surface area contributed by atoms with E-state index < -0.39 is 0 Å². The normalized spacial score (nSPS) is 18.6. The van der Waals surface area contributed by atoms with E-state index in [9.17, 15) is 9.59 Å². The van der Waals surface area contributed by atoms with E-state index in [-0.39, 0.29) is 0 Å². The molecule has 0 fully saturated rings. The molecular formula is C19H20O2. The molecule has 2 aliphatic rings. The van der Waals surface area contributed by atoms with Gasteiger partial charge in [0.25, 0.3) is 0 Å². The first-order valence-corrected chi connectivity index (χ1v) is 7.14. The minimum atomic E-state index is 0.398. The average Bonchev–Trinajstić information content (AvgIpc) is 2.70. The summed E-state index contributed by atoms with van der Waals surface area (Å²) >= 11 is 0. The minimum Gasteiger partial charge on any atom is -0.298 e. The fourth-order valence-corrected chi connectivity index (χ4v) is 2.60. The van der Waals surface area contributed by atoms with Crippen LogP contribution in [0.25, 0.3) is 0 Å². The Labute approximate surface area is 125 Å². The van der Waals surface area contributed by atoms with Crippen molar-refractivity contribution in [1.82, 2.24) is 0 Å². The number of carbonyl (C=O) groups is 2. The van der Waals surface area contributed by atoms with Crippen LogP contribution in [0, 0.1) is 5.92 Å². The summed E-state index contributed by atoms with van der Waals surface area (Å²) in [5.74, 6) is 0.398. The molecular weight excluding hydrogens is 260 g/mol. The Balaban J connectivity index is 2.81. The molecule has 0 amide bonds. The number of allylic oxidation sites excluding steroid dienone is 12. The van der Waals surface area contributed by atoms with Crippen molar-refractivity contribution in [2.24, 2.45) is 5.92 Å². The summed E-state index contributed by atoms with van der Waals surface area (Å²) in [6.07, 6.45) is 11.4. The number of rotatable bonds is 3. The van der Waals surface area contributed by atoms with Crippen LogP contribution in [0.1, 0.15) is 27.7 Å². The lowest BCUT2D eigenvalue weighted by Crippen LogP contribution is -2.01. The first-order valence-electron chi connectivity index (χ1n) is 7.14. The number of hydrogen-bond donors (Lipinski definition) is 0. The monoisotopic (exact) mass is 280 g/mol. The lowest BCUT2D eigenvalue weighted by Gasteiger charge is -2.13. The molecule has 2 aliphatic carbocycles. The van der Waals surface area contributed by atoms with E-state index in [1.165, 1.54) is 5.57 Å². The highest BCUT2D eigenvalue weighted by atomic mass is 16.1. The number of fused-ring (bicyclic) bond motifs is 1. The Kier molecular flexibility index (Phi) is 4.37. The van der Waals surface area contributed by atoms with Crippen molar-refractivity contribution in [2.45, 2.75) is 27.7 Å². The van der Waals surface area contributed by atoms with Crippen molar-refractivity contribution < 1.29 is 9.59 Å². The van der Waals surface area contributed by atoms with Gasteiger partial charge in [0.15, 0.2) is 12.6 Å². The zero-order valence-electron chi connectivity index (χ0n) is 12.9. The fraction of sp³-hybridized carbons (Fsp3) is 0.263. The molecule has 21 heavy (non-hydrogen) atoms. The molecule has 0 atom stereocenters. The Morgan fingerprint density at radius 3 is 2.14 bits per heavy atom. The van der Waals surface area contributed by atoms with Crippen LogP contribution >= 0.6 is 0 Å². The van der Waals surface area contributed by atoms with E-state index in [0.29, 0.717) is 17.1 Å². The van der Waals surface area contributed by atoms with Gasteiger partial charge in [-0.2, -0.15) is 0 Å². The maximum Gasteiger partial charge on any atom is 0.151 e. The van der Waals surface area contributed by atoms with Crippen LogP contribution in [0.5, 0.6) is 0 Å². The Morgan fingerprint density at radius 2 is 1.57 bits per heavy atom. The third-order valence-electron chi connectivity index (χ3n) is 3.93. The quantitative estimate of drug-likeness (QED) is 0.731. The third kappa shape index (κ3) is 2.80. The Bertz CT molecular complexity index is 674. The molecule has 0 aromatic rings. The Hall–Kier alpha value is -2.22. The number of carbonyl (C=O) groups excluding carboxylic acids is 2. The topological polar surface area (TPSA) is 34.1 Å². The van der Waals surface area contributed by atoms with Crippen LogP contribution in [0.3, 0.4) is 0 Å². The molecule has 0 saturated heterocycles. The SMILES string of the molecule is CC1=C2C=C(C(C)C)C=CC(C)=C2C(C=O)=C(C=O)C=C1. The Morgan fingerprint density at radius 1 is 0.905 bits per heavy atom. The van der Waals surface area contributed by atoms with Gasteiger partial charge in [0.2, 0.25) is 0 Å². The molecule has 2 nitrogen and oxygen atoms in total. The highest BCUT2D eigenvalue weighted by molar-refractivity contribution is 5.96. The average molecular weight is 280 g/mol. The van der Waals surface area contributed by atoms with E-state index >= 15 is 0 Å². The van der Waals surface area contributed by atoms with E-state index in [1.807, 2.05) is 26.0 Å². The maximum absolute atomic E-state index is 11.6. The van der Waals surface area contributed by atoms with Crippen molar-refractivity contribution in [1.29, 1.82) is 0 Å². The molecule has 0 aromatic heterocycles. The summed E-state index contributed by atoms with van der Waals surface area (Å²) in [6.45, 7) is 8.28. The highest BCUT2D eigenvalue weighted by Gasteiger charge is 2.21. The molecule has 0 aromatic carbocycles. The van der Waals surface area contributed by atoms with Gasteiger partial charge in [0.1, 0.15) is 0 Å². The van der Waals surface area contributed by atoms with Crippen molar-refractivity contribution in [3.05, 3.63) is 69.4 Å². The summed E-state index contributed by atoms with van der Waals surface area (Å²) in [5.41, 5.74) is 6.06. The van der Waals surface area contributed by atoms with E-state index in [2.05, 4.69) is 26.0 Å². The van der Waals surface area contributed by atoms with Gasteiger partial charge in [-0.1, -0.05) is 44.2 Å². The van der Waals surface area contributed by atoms with Gasteiger partial charge in [0, 0.05) is 11.1 Å². The van der Waals surface area contributed by atoms with Crippen LogP contribution < -0.4 is 0 Å². The summed E-state index contributed by atoms with van der Waals surface area (Å²) < 4.78 is 0. The van der Waals surface area contributed by atoms with E-state index in [0.717, 1.165) is 34.9 Å². The first-order chi connectivity index (χ1) is 9.99. The zero-order valence-corrected chi connectivity index (χ0v) is 12.9. The van der Waals surface area contributed by atoms with Gasteiger partial charge in [0.05, 0.1) is 0 Å². The highest BCUT2D eigenvalue weighted by Crippen LogP contribution is 2.35. The first kappa shape index (κ1) is 15.2. The zero-order chi connectivity index (χ0) is 15.6. The molecule has 0 unspecified atom stereocenters. The lowest BCUT2D eigenvalue weighted by atomic mass is 9.90. The second-order valence-electron chi connectivity index (χ2n) is 5.73. The standard InChI is InChI=1S/C19H20O2/c1-12(2)15-7-6-14(4)19-17(9-15)13(3)5-8-16(10-20)18(19)11-21/h5-12H,1-4H3. The van der Waals surface area contributed by atoms with Crippen LogP contribution in [-0.2, 0) is 9.59 Å². The molecule has 0 heterocycles. The molecule has 2 heteroatoms. The van der Waals surface area contributed by atoms with Gasteiger partial charge in [-0.15, -0.1) is 0 Å². The summed E-state index contributed by atoms with van der Waals surface area (Å²) in [5, 5.41) is 0. The summed E-state index contributed by atoms with van der Waals surface area (Å²) in [4.78, 5) is 22.9. The number of aldehydes is 2. The van der Waals surface area contributed by atoms with Crippen molar-refractivity contribution >= 4 is 12.6 Å². The molecule has 0 bridgehead atoms. The summed E-state index contributed by atoms with van der Waals surface area (Å²) in [7, 11) is 0. The predicted octanol–water partition coefficient (Wildman–Crippen LogP) is 4.04. The molecule has 0 radical (unpaired) electrons. The smallest absolute Gasteiger partial charge is 0.151 e.